The molecule has 0 saturated carbocycles. The van der Waals surface area contributed by atoms with Crippen LogP contribution in [0.4, 0.5) is 0 Å². The molecule has 0 rings (SSSR count). The number of hydrogen-bond donors (Lipinski definition) is 4. The number of aliphatic hydroxyl groups excluding tert-OH is 1. The summed E-state index contributed by atoms with van der Waals surface area (Å²) in [5.41, 5.74) is 0. The number of aliphatic carboxylic acids is 1. The minimum Gasteiger partial charge on any atom is -0.481 e. The van der Waals surface area contributed by atoms with Gasteiger partial charge in [-0.1, -0.05) is 0 Å². The third-order valence-corrected chi connectivity index (χ3v) is 1.74. The molecule has 0 fully saturated rings. The Morgan fingerprint density at radius 1 is 1.12 bits per heavy atom. The number of carbonyl (C=O) groups is 4. The van der Waals surface area contributed by atoms with Gasteiger partial charge in [0.15, 0.2) is 12.0 Å². The van der Waals surface area contributed by atoms with Crippen molar-refractivity contribution in [3.05, 3.63) is 0 Å². The fourth-order valence-corrected chi connectivity index (χ4v) is 0.966. The summed E-state index contributed by atoms with van der Waals surface area (Å²) in [7, 11) is 0. The van der Waals surface area contributed by atoms with Gasteiger partial charge in [-0.05, 0) is 6.92 Å². The molecule has 8 nitrogen and oxygen atoms in total. The van der Waals surface area contributed by atoms with Gasteiger partial charge in [0, 0.05) is 6.92 Å². The van der Waals surface area contributed by atoms with Crippen LogP contribution in [0.2, 0.25) is 0 Å². The average Bonchev–Trinajstić information content (AvgIpc) is 2.14. The average molecular weight is 246 g/mol. The number of aliphatic hydroxyl groups is 1. The molecule has 17 heavy (non-hydrogen) atoms. The van der Waals surface area contributed by atoms with Gasteiger partial charge >= 0.3 is 5.97 Å². The summed E-state index contributed by atoms with van der Waals surface area (Å²) in [5.74, 6) is -3.53. The Morgan fingerprint density at radius 3 is 2.00 bits per heavy atom. The zero-order valence-corrected chi connectivity index (χ0v) is 9.39. The molecule has 2 unspecified atom stereocenters. The molecule has 4 N–H and O–H groups in total. The second-order valence-corrected chi connectivity index (χ2v) is 3.37. The van der Waals surface area contributed by atoms with E-state index in [0.29, 0.717) is 0 Å². The first-order valence-electron chi connectivity index (χ1n) is 4.71. The Bertz CT molecular complexity index is 324. The largest absolute Gasteiger partial charge is 0.481 e. The van der Waals surface area contributed by atoms with Crippen LogP contribution < -0.4 is 10.6 Å². The molecular weight excluding hydrogens is 232 g/mol. The number of amides is 2. The maximum atomic E-state index is 11.4. The van der Waals surface area contributed by atoms with Crippen LogP contribution in [0.1, 0.15) is 20.3 Å². The van der Waals surface area contributed by atoms with Crippen molar-refractivity contribution < 1.29 is 29.4 Å². The van der Waals surface area contributed by atoms with Crippen LogP contribution in [0.15, 0.2) is 0 Å². The number of ketones is 1. The van der Waals surface area contributed by atoms with E-state index in [4.69, 9.17) is 10.2 Å². The van der Waals surface area contributed by atoms with Crippen molar-refractivity contribution in [3.8, 4) is 0 Å². The molecule has 0 radical (unpaired) electrons. The molecule has 0 aromatic heterocycles. The molecule has 0 aliphatic heterocycles. The van der Waals surface area contributed by atoms with E-state index in [1.54, 1.807) is 0 Å². The number of carbonyl (C=O) groups excluding carboxylic acids is 3. The molecule has 0 aromatic carbocycles. The van der Waals surface area contributed by atoms with Gasteiger partial charge in [0.2, 0.25) is 11.8 Å². The number of rotatable bonds is 6. The number of nitrogens with one attached hydrogen (secondary N) is 2. The van der Waals surface area contributed by atoms with Crippen molar-refractivity contribution in [3.63, 3.8) is 0 Å². The first kappa shape index (κ1) is 15.0. The second-order valence-electron chi connectivity index (χ2n) is 3.37. The van der Waals surface area contributed by atoms with Gasteiger partial charge in [-0.15, -0.1) is 0 Å². The molecule has 0 aliphatic carbocycles. The van der Waals surface area contributed by atoms with Gasteiger partial charge in [0.05, 0.1) is 6.42 Å². The van der Waals surface area contributed by atoms with E-state index in [9.17, 15) is 19.2 Å². The smallest absolute Gasteiger partial charge is 0.305 e. The van der Waals surface area contributed by atoms with Crippen molar-refractivity contribution >= 4 is 23.6 Å². The number of Topliss-reactive ketones (excluding diaryl/α,β-unsaturated/α-hetero) is 1. The van der Waals surface area contributed by atoms with E-state index < -0.39 is 42.3 Å². The maximum Gasteiger partial charge on any atom is 0.305 e. The van der Waals surface area contributed by atoms with Crippen molar-refractivity contribution in [1.82, 2.24) is 10.6 Å². The van der Waals surface area contributed by atoms with Gasteiger partial charge in [0.1, 0.15) is 6.04 Å². The summed E-state index contributed by atoms with van der Waals surface area (Å²) in [6.45, 7) is 2.17. The Kier molecular flexibility index (Phi) is 5.83. The molecule has 0 bridgehead atoms. The zero-order valence-electron chi connectivity index (χ0n) is 9.39. The van der Waals surface area contributed by atoms with E-state index in [2.05, 4.69) is 5.32 Å². The summed E-state index contributed by atoms with van der Waals surface area (Å²) in [6, 6.07) is -1.33. The van der Waals surface area contributed by atoms with Gasteiger partial charge in [-0.2, -0.15) is 0 Å². The van der Waals surface area contributed by atoms with Gasteiger partial charge in [0.25, 0.3) is 0 Å². The van der Waals surface area contributed by atoms with E-state index in [0.717, 1.165) is 13.8 Å². The van der Waals surface area contributed by atoms with E-state index in [1.165, 1.54) is 0 Å². The summed E-state index contributed by atoms with van der Waals surface area (Å²) in [4.78, 5) is 43.3. The van der Waals surface area contributed by atoms with Crippen LogP contribution in [0.25, 0.3) is 0 Å². The van der Waals surface area contributed by atoms with Crippen LogP contribution in [-0.2, 0) is 19.2 Å². The lowest BCUT2D eigenvalue weighted by Crippen LogP contribution is -2.51. The van der Waals surface area contributed by atoms with Crippen LogP contribution >= 0.6 is 0 Å². The lowest BCUT2D eigenvalue weighted by Gasteiger charge is -2.17. The van der Waals surface area contributed by atoms with Gasteiger partial charge < -0.3 is 20.8 Å². The number of hydrogen-bond acceptors (Lipinski definition) is 5. The molecule has 0 aliphatic rings. The highest BCUT2D eigenvalue weighted by Crippen LogP contribution is 1.94. The molecular formula is C9H14N2O6. The van der Waals surface area contributed by atoms with Crippen LogP contribution in [0.5, 0.6) is 0 Å². The summed E-state index contributed by atoms with van der Waals surface area (Å²) in [6.07, 6.45) is -2.36. The van der Waals surface area contributed by atoms with Crippen molar-refractivity contribution in [1.29, 1.82) is 0 Å². The standard InChI is InChI=1S/C9H14N2O6/c1-4(12)8(16)11-9(17)6(3-7(14)15)10-5(2)13/h6,8,16H,3H2,1-2H3,(H,10,13)(H,11,17)(H,14,15). The van der Waals surface area contributed by atoms with Crippen LogP contribution in [0, 0.1) is 0 Å². The van der Waals surface area contributed by atoms with Crippen LogP contribution in [0.3, 0.4) is 0 Å². The first-order valence-corrected chi connectivity index (χ1v) is 4.71. The lowest BCUT2D eigenvalue weighted by molar-refractivity contribution is -0.142. The second kappa shape index (κ2) is 6.59. The van der Waals surface area contributed by atoms with E-state index in [1.807, 2.05) is 5.32 Å². The quantitative estimate of drug-likeness (QED) is 0.400. The Hall–Kier alpha value is -1.96. The molecule has 0 saturated heterocycles. The number of carboxylic acid groups (broad SMARTS) is 1. The monoisotopic (exact) mass is 246 g/mol. The van der Waals surface area contributed by atoms with Gasteiger partial charge in [-0.3, -0.25) is 19.2 Å². The minimum atomic E-state index is -1.72. The Balaban J connectivity index is 4.57. The first-order chi connectivity index (χ1) is 7.73. The molecule has 96 valence electrons. The van der Waals surface area contributed by atoms with Crippen molar-refractivity contribution in [2.45, 2.75) is 32.5 Å². The Labute approximate surface area is 97.0 Å². The van der Waals surface area contributed by atoms with E-state index >= 15 is 0 Å². The minimum absolute atomic E-state index is 0.594. The fourth-order valence-electron chi connectivity index (χ4n) is 0.966. The molecule has 2 atom stereocenters. The van der Waals surface area contributed by atoms with Crippen molar-refractivity contribution in [2.24, 2.45) is 0 Å². The third kappa shape index (κ3) is 6.25. The zero-order chi connectivity index (χ0) is 13.6. The van der Waals surface area contributed by atoms with Gasteiger partial charge in [-0.25, -0.2) is 0 Å². The Morgan fingerprint density at radius 2 is 1.65 bits per heavy atom. The summed E-state index contributed by atoms with van der Waals surface area (Å²) in [5, 5.41) is 21.6. The SMILES string of the molecule is CC(=O)NC(CC(=O)O)C(=O)NC(O)C(C)=O. The van der Waals surface area contributed by atoms with Crippen LogP contribution in [-0.4, -0.2) is 46.0 Å². The molecule has 0 spiro atoms. The summed E-state index contributed by atoms with van der Waals surface area (Å²) < 4.78 is 0. The van der Waals surface area contributed by atoms with E-state index in [-0.39, 0.29) is 0 Å². The van der Waals surface area contributed by atoms with Crippen molar-refractivity contribution in [2.75, 3.05) is 0 Å². The highest BCUT2D eigenvalue weighted by atomic mass is 16.4. The number of carboxylic acids is 1. The summed E-state index contributed by atoms with van der Waals surface area (Å²) >= 11 is 0. The lowest BCUT2D eigenvalue weighted by atomic mass is 10.2. The molecule has 8 heteroatoms. The topological polar surface area (TPSA) is 133 Å². The molecule has 0 aromatic rings. The molecule has 2 amide bonds. The highest BCUT2D eigenvalue weighted by Gasteiger charge is 2.25. The predicted molar refractivity (Wildman–Crippen MR) is 54.7 cm³/mol. The normalized spacial score (nSPS) is 13.4. The highest BCUT2D eigenvalue weighted by molar-refractivity contribution is 5.92. The molecule has 0 heterocycles. The fraction of sp³-hybridized carbons (Fsp3) is 0.556. The third-order valence-electron chi connectivity index (χ3n) is 1.74. The maximum absolute atomic E-state index is 11.4. The predicted octanol–water partition coefficient (Wildman–Crippen LogP) is -2.01.